The number of anilines is 1. The van der Waals surface area contributed by atoms with Crippen LogP contribution in [0.1, 0.15) is 27.0 Å². The Morgan fingerprint density at radius 1 is 0.933 bits per heavy atom. The number of nitrogens with one attached hydrogen (secondary N) is 2. The van der Waals surface area contributed by atoms with Crippen LogP contribution in [0.15, 0.2) is 65.6 Å². The van der Waals surface area contributed by atoms with Gasteiger partial charge in [0.15, 0.2) is 0 Å². The second kappa shape index (κ2) is 8.62. The first kappa shape index (κ1) is 21.4. The molecule has 1 amide bonds. The summed E-state index contributed by atoms with van der Waals surface area (Å²) in [6, 6.07) is 14.1. The number of carbonyl (C=O) groups is 1. The van der Waals surface area contributed by atoms with E-state index in [1.165, 1.54) is 18.2 Å². The second-order valence-electron chi connectivity index (χ2n) is 6.91. The van der Waals surface area contributed by atoms with Gasteiger partial charge >= 0.3 is 0 Å². The summed E-state index contributed by atoms with van der Waals surface area (Å²) in [5.74, 6) is -2.04. The zero-order valence-corrected chi connectivity index (χ0v) is 17.2. The lowest BCUT2D eigenvalue weighted by Gasteiger charge is -2.12. The van der Waals surface area contributed by atoms with Gasteiger partial charge in [0.05, 0.1) is 4.90 Å². The van der Waals surface area contributed by atoms with Crippen molar-refractivity contribution in [3.8, 4) is 0 Å². The molecule has 0 fully saturated rings. The van der Waals surface area contributed by atoms with E-state index in [9.17, 15) is 22.0 Å². The van der Waals surface area contributed by atoms with Crippen LogP contribution in [-0.4, -0.2) is 14.3 Å². The van der Waals surface area contributed by atoms with Crippen molar-refractivity contribution < 1.29 is 22.0 Å². The first-order chi connectivity index (χ1) is 14.1. The molecule has 156 valence electrons. The fourth-order valence-corrected chi connectivity index (χ4v) is 4.00. The molecule has 0 aliphatic heterocycles. The molecule has 8 heteroatoms. The molecule has 0 aliphatic carbocycles. The van der Waals surface area contributed by atoms with Crippen LogP contribution in [0, 0.1) is 25.5 Å². The molecule has 0 aliphatic rings. The number of aryl methyl sites for hydroxylation is 2. The standard InChI is InChI=1S/C22H20F2N2O3S/c1-14-4-3-5-19(8-14)26-30(28,29)20-7-6-15(2)21(12-20)22(27)25-13-16-9-17(23)11-18(24)10-16/h3-12,26H,13H2,1-2H3,(H,25,27). The Hall–Kier alpha value is -3.26. The molecule has 2 N–H and O–H groups in total. The number of amides is 1. The van der Waals surface area contributed by atoms with Crippen LogP contribution < -0.4 is 10.0 Å². The van der Waals surface area contributed by atoms with Gasteiger partial charge in [0, 0.05) is 23.9 Å². The normalized spacial score (nSPS) is 11.2. The maximum absolute atomic E-state index is 13.3. The smallest absolute Gasteiger partial charge is 0.261 e. The average Bonchev–Trinajstić information content (AvgIpc) is 2.65. The fourth-order valence-electron chi connectivity index (χ4n) is 2.93. The van der Waals surface area contributed by atoms with E-state index in [0.717, 1.165) is 23.8 Å². The number of sulfonamides is 1. The van der Waals surface area contributed by atoms with Gasteiger partial charge < -0.3 is 5.32 Å². The van der Waals surface area contributed by atoms with Crippen molar-refractivity contribution >= 4 is 21.6 Å². The molecule has 5 nitrogen and oxygen atoms in total. The van der Waals surface area contributed by atoms with Gasteiger partial charge in [-0.3, -0.25) is 9.52 Å². The highest BCUT2D eigenvalue weighted by atomic mass is 32.2. The van der Waals surface area contributed by atoms with Crippen LogP contribution in [0.3, 0.4) is 0 Å². The van der Waals surface area contributed by atoms with Gasteiger partial charge in [-0.1, -0.05) is 18.2 Å². The minimum absolute atomic E-state index is 0.0726. The van der Waals surface area contributed by atoms with Crippen molar-refractivity contribution in [3.05, 3.63) is 94.6 Å². The van der Waals surface area contributed by atoms with Crippen LogP contribution in [0.25, 0.3) is 0 Å². The Morgan fingerprint density at radius 3 is 2.30 bits per heavy atom. The SMILES string of the molecule is Cc1cccc(NS(=O)(=O)c2ccc(C)c(C(=O)NCc3cc(F)cc(F)c3)c2)c1. The van der Waals surface area contributed by atoms with E-state index in [0.29, 0.717) is 11.3 Å². The highest BCUT2D eigenvalue weighted by molar-refractivity contribution is 7.92. The number of halogens is 2. The summed E-state index contributed by atoms with van der Waals surface area (Å²) in [7, 11) is -3.91. The van der Waals surface area contributed by atoms with Crippen LogP contribution in [0.2, 0.25) is 0 Å². The van der Waals surface area contributed by atoms with E-state index in [1.54, 1.807) is 25.1 Å². The van der Waals surface area contributed by atoms with Crippen molar-refractivity contribution in [2.75, 3.05) is 4.72 Å². The molecule has 0 spiro atoms. The largest absolute Gasteiger partial charge is 0.348 e. The molecule has 30 heavy (non-hydrogen) atoms. The topological polar surface area (TPSA) is 75.3 Å². The Kier molecular flexibility index (Phi) is 6.17. The van der Waals surface area contributed by atoms with E-state index in [4.69, 9.17) is 0 Å². The molecule has 0 radical (unpaired) electrons. The van der Waals surface area contributed by atoms with Crippen molar-refractivity contribution in [1.82, 2.24) is 5.32 Å². The van der Waals surface area contributed by atoms with E-state index in [1.807, 2.05) is 13.0 Å². The maximum Gasteiger partial charge on any atom is 0.261 e. The minimum atomic E-state index is -3.91. The summed E-state index contributed by atoms with van der Waals surface area (Å²) in [6.45, 7) is 3.41. The summed E-state index contributed by atoms with van der Waals surface area (Å²) in [5, 5.41) is 2.56. The predicted molar refractivity (Wildman–Crippen MR) is 111 cm³/mol. The summed E-state index contributed by atoms with van der Waals surface area (Å²) >= 11 is 0. The Labute approximate surface area is 173 Å². The zero-order valence-electron chi connectivity index (χ0n) is 16.4. The molecule has 3 aromatic rings. The van der Waals surface area contributed by atoms with Gasteiger partial charge in [-0.15, -0.1) is 0 Å². The number of benzene rings is 3. The first-order valence-electron chi connectivity index (χ1n) is 9.07. The van der Waals surface area contributed by atoms with Gasteiger partial charge in [-0.25, -0.2) is 17.2 Å². The van der Waals surface area contributed by atoms with Crippen LogP contribution in [0.4, 0.5) is 14.5 Å². The maximum atomic E-state index is 13.3. The quantitative estimate of drug-likeness (QED) is 0.612. The van der Waals surface area contributed by atoms with Gasteiger partial charge in [-0.2, -0.15) is 0 Å². The molecule has 0 bridgehead atoms. The summed E-state index contributed by atoms with van der Waals surface area (Å²) in [6.07, 6.45) is 0. The summed E-state index contributed by atoms with van der Waals surface area (Å²) in [5.41, 5.74) is 2.28. The van der Waals surface area contributed by atoms with Crippen LogP contribution in [-0.2, 0) is 16.6 Å². The summed E-state index contributed by atoms with van der Waals surface area (Å²) < 4.78 is 54.5. The van der Waals surface area contributed by atoms with E-state index in [2.05, 4.69) is 10.0 Å². The van der Waals surface area contributed by atoms with Crippen LogP contribution >= 0.6 is 0 Å². The molecular formula is C22H20F2N2O3S. The molecular weight excluding hydrogens is 410 g/mol. The van der Waals surface area contributed by atoms with Crippen molar-refractivity contribution in [1.29, 1.82) is 0 Å². The lowest BCUT2D eigenvalue weighted by atomic mass is 10.1. The van der Waals surface area contributed by atoms with Crippen molar-refractivity contribution in [2.45, 2.75) is 25.3 Å². The Balaban J connectivity index is 1.80. The lowest BCUT2D eigenvalue weighted by Crippen LogP contribution is -2.24. The number of carbonyl (C=O) groups excluding carboxylic acids is 1. The lowest BCUT2D eigenvalue weighted by molar-refractivity contribution is 0.0950. The van der Waals surface area contributed by atoms with E-state index in [-0.39, 0.29) is 22.6 Å². The molecule has 0 heterocycles. The summed E-state index contributed by atoms with van der Waals surface area (Å²) in [4.78, 5) is 12.5. The highest BCUT2D eigenvalue weighted by Gasteiger charge is 2.18. The van der Waals surface area contributed by atoms with Crippen LogP contribution in [0.5, 0.6) is 0 Å². The highest BCUT2D eigenvalue weighted by Crippen LogP contribution is 2.20. The van der Waals surface area contributed by atoms with Gasteiger partial charge in [0.25, 0.3) is 15.9 Å². The molecule has 0 unspecified atom stereocenters. The predicted octanol–water partition coefficient (Wildman–Crippen LogP) is 4.31. The number of hydrogen-bond acceptors (Lipinski definition) is 3. The first-order valence-corrected chi connectivity index (χ1v) is 10.6. The van der Waals surface area contributed by atoms with Crippen molar-refractivity contribution in [2.24, 2.45) is 0 Å². The second-order valence-corrected chi connectivity index (χ2v) is 8.59. The third kappa shape index (κ3) is 5.21. The Bertz CT molecular complexity index is 1190. The fraction of sp³-hybridized carbons (Fsp3) is 0.136. The minimum Gasteiger partial charge on any atom is -0.348 e. The third-order valence-electron chi connectivity index (χ3n) is 4.41. The Morgan fingerprint density at radius 2 is 1.63 bits per heavy atom. The molecule has 0 saturated heterocycles. The molecule has 0 atom stereocenters. The molecule has 0 aromatic heterocycles. The number of rotatable bonds is 6. The van der Waals surface area contributed by atoms with E-state index >= 15 is 0 Å². The van der Waals surface area contributed by atoms with Gasteiger partial charge in [-0.05, 0) is 66.9 Å². The van der Waals surface area contributed by atoms with E-state index < -0.39 is 27.6 Å². The molecule has 3 aromatic carbocycles. The third-order valence-corrected chi connectivity index (χ3v) is 5.79. The van der Waals surface area contributed by atoms with Gasteiger partial charge in [0.2, 0.25) is 0 Å². The number of hydrogen-bond donors (Lipinski definition) is 2. The van der Waals surface area contributed by atoms with Crippen molar-refractivity contribution in [3.63, 3.8) is 0 Å². The monoisotopic (exact) mass is 430 g/mol. The van der Waals surface area contributed by atoms with Gasteiger partial charge in [0.1, 0.15) is 11.6 Å². The zero-order chi connectivity index (χ0) is 21.9. The average molecular weight is 430 g/mol. The molecule has 3 rings (SSSR count). The molecule has 0 saturated carbocycles.